The van der Waals surface area contributed by atoms with Gasteiger partial charge in [-0.3, -0.25) is 4.79 Å². The summed E-state index contributed by atoms with van der Waals surface area (Å²) in [5, 5.41) is 0.696. The highest BCUT2D eigenvalue weighted by Crippen LogP contribution is 2.24. The lowest BCUT2D eigenvalue weighted by molar-refractivity contribution is 0.103. The van der Waals surface area contributed by atoms with Crippen molar-refractivity contribution in [3.63, 3.8) is 0 Å². The van der Waals surface area contributed by atoms with Gasteiger partial charge in [-0.2, -0.15) is 0 Å². The zero-order valence-corrected chi connectivity index (χ0v) is 11.9. The zero-order valence-electron chi connectivity index (χ0n) is 10.4. The third kappa shape index (κ3) is 2.96. The lowest BCUT2D eigenvalue weighted by Gasteiger charge is -2.08. The molecule has 0 heterocycles. The first-order valence-corrected chi connectivity index (χ1v) is 6.41. The van der Waals surface area contributed by atoms with Gasteiger partial charge in [-0.15, -0.1) is 0 Å². The standard InChI is InChI=1S/C15H11Cl2FO/c1-8-3-9(2)14(13(18)4-8)15(19)10-5-11(16)7-12(17)6-10/h3-7H,1-2H3. The minimum Gasteiger partial charge on any atom is -0.288 e. The highest BCUT2D eigenvalue weighted by Gasteiger charge is 2.18. The van der Waals surface area contributed by atoms with Crippen molar-refractivity contribution in [3.05, 3.63) is 68.4 Å². The average molecular weight is 297 g/mol. The van der Waals surface area contributed by atoms with Crippen molar-refractivity contribution in [2.45, 2.75) is 13.8 Å². The van der Waals surface area contributed by atoms with Crippen LogP contribution in [0.5, 0.6) is 0 Å². The lowest BCUT2D eigenvalue weighted by Crippen LogP contribution is -2.07. The van der Waals surface area contributed by atoms with Crippen molar-refractivity contribution in [3.8, 4) is 0 Å². The highest BCUT2D eigenvalue weighted by atomic mass is 35.5. The summed E-state index contributed by atoms with van der Waals surface area (Å²) in [7, 11) is 0. The second kappa shape index (κ2) is 5.32. The Hall–Kier alpha value is -1.38. The maximum Gasteiger partial charge on any atom is 0.196 e. The molecule has 1 nitrogen and oxygen atoms in total. The minimum atomic E-state index is -0.529. The van der Waals surface area contributed by atoms with Gasteiger partial charge in [0, 0.05) is 15.6 Å². The van der Waals surface area contributed by atoms with Crippen molar-refractivity contribution >= 4 is 29.0 Å². The molecule has 0 saturated heterocycles. The lowest BCUT2D eigenvalue weighted by atomic mass is 9.97. The minimum absolute atomic E-state index is 0.0592. The predicted octanol–water partition coefficient (Wildman–Crippen LogP) is 4.98. The fourth-order valence-corrected chi connectivity index (χ4v) is 2.56. The molecule has 0 radical (unpaired) electrons. The number of rotatable bonds is 2. The molecule has 0 aliphatic carbocycles. The molecule has 0 aliphatic rings. The van der Waals surface area contributed by atoms with Crippen molar-refractivity contribution in [2.24, 2.45) is 0 Å². The van der Waals surface area contributed by atoms with E-state index >= 15 is 0 Å². The van der Waals surface area contributed by atoms with E-state index in [0.29, 0.717) is 15.6 Å². The van der Waals surface area contributed by atoms with E-state index in [2.05, 4.69) is 0 Å². The molecule has 0 N–H and O–H groups in total. The SMILES string of the molecule is Cc1cc(C)c(C(=O)c2cc(Cl)cc(Cl)c2)c(F)c1. The molecular formula is C15H11Cl2FO. The second-order valence-corrected chi connectivity index (χ2v) is 5.30. The second-order valence-electron chi connectivity index (χ2n) is 4.43. The Labute approximate surface area is 121 Å². The normalized spacial score (nSPS) is 10.6. The first-order chi connectivity index (χ1) is 8.88. The Morgan fingerprint density at radius 2 is 1.58 bits per heavy atom. The molecule has 0 aliphatic heterocycles. The van der Waals surface area contributed by atoms with Crippen LogP contribution in [-0.4, -0.2) is 5.78 Å². The number of ketones is 1. The quantitative estimate of drug-likeness (QED) is 0.714. The molecule has 0 atom stereocenters. The first-order valence-electron chi connectivity index (χ1n) is 5.66. The van der Waals surface area contributed by atoms with E-state index in [1.807, 2.05) is 0 Å². The van der Waals surface area contributed by atoms with Gasteiger partial charge >= 0.3 is 0 Å². The van der Waals surface area contributed by atoms with E-state index in [0.717, 1.165) is 5.56 Å². The summed E-state index contributed by atoms with van der Waals surface area (Å²) in [5.41, 5.74) is 1.71. The summed E-state index contributed by atoms with van der Waals surface area (Å²) in [6.45, 7) is 3.48. The Morgan fingerprint density at radius 3 is 2.11 bits per heavy atom. The predicted molar refractivity (Wildman–Crippen MR) is 75.8 cm³/mol. The van der Waals surface area contributed by atoms with Gasteiger partial charge in [-0.1, -0.05) is 29.3 Å². The van der Waals surface area contributed by atoms with Crippen molar-refractivity contribution < 1.29 is 9.18 Å². The topological polar surface area (TPSA) is 17.1 Å². The first kappa shape index (κ1) is 14.0. The van der Waals surface area contributed by atoms with Crippen LogP contribution in [0.3, 0.4) is 0 Å². The summed E-state index contributed by atoms with van der Waals surface area (Å²) in [5.74, 6) is -0.946. The summed E-state index contributed by atoms with van der Waals surface area (Å²) in [6.07, 6.45) is 0. The van der Waals surface area contributed by atoms with E-state index < -0.39 is 11.6 Å². The Balaban J connectivity index is 2.56. The molecule has 98 valence electrons. The van der Waals surface area contributed by atoms with Crippen LogP contribution in [-0.2, 0) is 0 Å². The largest absolute Gasteiger partial charge is 0.288 e. The third-order valence-corrected chi connectivity index (χ3v) is 3.22. The molecule has 0 spiro atoms. The Kier molecular flexibility index (Phi) is 3.93. The summed E-state index contributed by atoms with van der Waals surface area (Å²) < 4.78 is 14.0. The molecule has 2 aromatic carbocycles. The van der Waals surface area contributed by atoms with Gasteiger partial charge in [0.25, 0.3) is 0 Å². The van der Waals surface area contributed by atoms with Crippen molar-refractivity contribution in [1.29, 1.82) is 0 Å². The summed E-state index contributed by atoms with van der Waals surface area (Å²) in [6, 6.07) is 7.59. The van der Waals surface area contributed by atoms with Gasteiger partial charge in [0.15, 0.2) is 5.78 Å². The fourth-order valence-electron chi connectivity index (χ4n) is 2.03. The molecule has 2 aromatic rings. The number of aryl methyl sites for hydroxylation is 2. The van der Waals surface area contributed by atoms with Crippen LogP contribution in [0.25, 0.3) is 0 Å². The van der Waals surface area contributed by atoms with E-state index in [4.69, 9.17) is 23.2 Å². The molecule has 0 saturated carbocycles. The smallest absolute Gasteiger partial charge is 0.196 e. The van der Waals surface area contributed by atoms with Gasteiger partial charge in [-0.25, -0.2) is 4.39 Å². The van der Waals surface area contributed by atoms with Crippen molar-refractivity contribution in [2.75, 3.05) is 0 Å². The number of hydrogen-bond donors (Lipinski definition) is 0. The third-order valence-electron chi connectivity index (χ3n) is 2.78. The average Bonchev–Trinajstić information content (AvgIpc) is 2.25. The number of hydrogen-bond acceptors (Lipinski definition) is 1. The number of halogens is 3. The van der Waals surface area contributed by atoms with Crippen LogP contribution >= 0.6 is 23.2 Å². The Bertz CT molecular complexity index is 622. The van der Waals surface area contributed by atoms with Crippen LogP contribution in [0.1, 0.15) is 27.0 Å². The van der Waals surface area contributed by atoms with E-state index in [-0.39, 0.29) is 11.1 Å². The molecule has 0 bridgehead atoms. The zero-order chi connectivity index (χ0) is 14.2. The van der Waals surface area contributed by atoms with E-state index in [1.165, 1.54) is 24.3 Å². The number of benzene rings is 2. The summed E-state index contributed by atoms with van der Waals surface area (Å²) in [4.78, 5) is 12.3. The molecule has 19 heavy (non-hydrogen) atoms. The van der Waals surface area contributed by atoms with Gasteiger partial charge in [0.2, 0.25) is 0 Å². The van der Waals surface area contributed by atoms with E-state index in [1.54, 1.807) is 19.9 Å². The molecular weight excluding hydrogens is 286 g/mol. The molecule has 0 amide bonds. The van der Waals surface area contributed by atoms with Crippen molar-refractivity contribution in [1.82, 2.24) is 0 Å². The fraction of sp³-hybridized carbons (Fsp3) is 0.133. The summed E-state index contributed by atoms with van der Waals surface area (Å²) >= 11 is 11.7. The number of carbonyl (C=O) groups is 1. The van der Waals surface area contributed by atoms with Crippen LogP contribution in [0.2, 0.25) is 10.0 Å². The van der Waals surface area contributed by atoms with Gasteiger partial charge < -0.3 is 0 Å². The molecule has 4 heteroatoms. The Morgan fingerprint density at radius 1 is 1.00 bits per heavy atom. The number of carbonyl (C=O) groups excluding carboxylic acids is 1. The molecule has 2 rings (SSSR count). The maximum absolute atomic E-state index is 14.0. The highest BCUT2D eigenvalue weighted by molar-refractivity contribution is 6.35. The van der Waals surface area contributed by atoms with Gasteiger partial charge in [-0.05, 0) is 49.2 Å². The van der Waals surface area contributed by atoms with Gasteiger partial charge in [0.1, 0.15) is 5.82 Å². The molecule has 0 aromatic heterocycles. The molecule has 0 fully saturated rings. The maximum atomic E-state index is 14.0. The van der Waals surface area contributed by atoms with Crippen LogP contribution in [0.4, 0.5) is 4.39 Å². The van der Waals surface area contributed by atoms with Crippen LogP contribution in [0, 0.1) is 19.7 Å². The van der Waals surface area contributed by atoms with Crippen LogP contribution in [0.15, 0.2) is 30.3 Å². The van der Waals surface area contributed by atoms with Crippen LogP contribution < -0.4 is 0 Å². The molecule has 0 unspecified atom stereocenters. The monoisotopic (exact) mass is 296 g/mol. The van der Waals surface area contributed by atoms with Gasteiger partial charge in [0.05, 0.1) is 5.56 Å². The van der Waals surface area contributed by atoms with E-state index in [9.17, 15) is 9.18 Å².